The first kappa shape index (κ1) is 16.5. The number of nitrogens with one attached hydrogen (secondary N) is 1. The first-order chi connectivity index (χ1) is 11.7. The second-order valence-electron chi connectivity index (χ2n) is 5.84. The van der Waals surface area contributed by atoms with Gasteiger partial charge in [0.2, 0.25) is 5.89 Å². The Morgan fingerprint density at radius 2 is 2.17 bits per heavy atom. The molecule has 1 fully saturated rings. The zero-order chi connectivity index (χ0) is 16.9. The number of piperazine rings is 1. The molecule has 0 aliphatic carbocycles. The molecule has 24 heavy (non-hydrogen) atoms. The van der Waals surface area contributed by atoms with Crippen LogP contribution in [0.2, 0.25) is 0 Å². The highest BCUT2D eigenvalue weighted by molar-refractivity contribution is 5.74. The van der Waals surface area contributed by atoms with E-state index in [2.05, 4.69) is 27.3 Å². The van der Waals surface area contributed by atoms with Crippen molar-refractivity contribution in [1.29, 1.82) is 0 Å². The lowest BCUT2D eigenvalue weighted by atomic mass is 10.2. The van der Waals surface area contributed by atoms with Crippen molar-refractivity contribution < 1.29 is 13.7 Å². The van der Waals surface area contributed by atoms with Crippen LogP contribution >= 0.6 is 0 Å². The fourth-order valence-electron chi connectivity index (χ4n) is 2.74. The third kappa shape index (κ3) is 3.76. The molecule has 1 unspecified atom stereocenters. The quantitative estimate of drug-likeness (QED) is 0.898. The summed E-state index contributed by atoms with van der Waals surface area (Å²) in [5.41, 5.74) is 0. The van der Waals surface area contributed by atoms with Crippen LogP contribution in [0.4, 0.5) is 4.79 Å². The highest BCUT2D eigenvalue weighted by Gasteiger charge is 2.27. The van der Waals surface area contributed by atoms with Crippen LogP contribution in [0, 0.1) is 0 Å². The van der Waals surface area contributed by atoms with Gasteiger partial charge in [-0.1, -0.05) is 12.1 Å². The molecule has 2 amide bonds. The van der Waals surface area contributed by atoms with Gasteiger partial charge >= 0.3 is 6.03 Å². The van der Waals surface area contributed by atoms with Crippen molar-refractivity contribution in [3.8, 4) is 0 Å². The van der Waals surface area contributed by atoms with Crippen LogP contribution in [-0.4, -0.2) is 52.2 Å². The lowest BCUT2D eigenvalue weighted by Gasteiger charge is -2.36. The molecule has 3 rings (SSSR count). The number of hydrogen-bond donors (Lipinski definition) is 1. The minimum Gasteiger partial charge on any atom is -0.467 e. The zero-order valence-electron chi connectivity index (χ0n) is 14.1. The summed E-state index contributed by atoms with van der Waals surface area (Å²) in [4.78, 5) is 20.7. The molecule has 0 saturated carbocycles. The SMILES string of the molecule is CCc1noc(C(C)N2CCN(C(=O)NCc3ccco3)CC2)n1. The van der Waals surface area contributed by atoms with E-state index in [0.717, 1.165) is 31.1 Å². The molecule has 1 aliphatic heterocycles. The number of amides is 2. The van der Waals surface area contributed by atoms with Crippen molar-refractivity contribution in [2.24, 2.45) is 0 Å². The molecule has 2 aromatic rings. The summed E-state index contributed by atoms with van der Waals surface area (Å²) in [5, 5.41) is 6.82. The van der Waals surface area contributed by atoms with E-state index >= 15 is 0 Å². The van der Waals surface area contributed by atoms with E-state index in [-0.39, 0.29) is 12.1 Å². The van der Waals surface area contributed by atoms with Gasteiger partial charge in [-0.2, -0.15) is 4.98 Å². The van der Waals surface area contributed by atoms with Crippen molar-refractivity contribution in [3.05, 3.63) is 35.9 Å². The van der Waals surface area contributed by atoms with Gasteiger partial charge < -0.3 is 19.2 Å². The summed E-state index contributed by atoms with van der Waals surface area (Å²) in [6.45, 7) is 7.35. The average molecular weight is 333 g/mol. The van der Waals surface area contributed by atoms with E-state index in [9.17, 15) is 4.79 Å². The summed E-state index contributed by atoms with van der Waals surface area (Å²) in [7, 11) is 0. The molecule has 1 atom stereocenters. The summed E-state index contributed by atoms with van der Waals surface area (Å²) >= 11 is 0. The maximum absolute atomic E-state index is 12.2. The Morgan fingerprint density at radius 1 is 1.38 bits per heavy atom. The van der Waals surface area contributed by atoms with E-state index in [1.165, 1.54) is 0 Å². The number of aryl methyl sites for hydroxylation is 1. The van der Waals surface area contributed by atoms with Gasteiger partial charge in [0.05, 0.1) is 18.8 Å². The molecule has 130 valence electrons. The van der Waals surface area contributed by atoms with E-state index in [1.54, 1.807) is 6.26 Å². The average Bonchev–Trinajstić information content (AvgIpc) is 3.30. The number of urea groups is 1. The molecule has 3 heterocycles. The maximum Gasteiger partial charge on any atom is 0.317 e. The van der Waals surface area contributed by atoms with Gasteiger partial charge in [-0.05, 0) is 19.1 Å². The number of nitrogens with zero attached hydrogens (tertiary/aromatic N) is 4. The lowest BCUT2D eigenvalue weighted by molar-refractivity contribution is 0.0997. The van der Waals surface area contributed by atoms with Crippen LogP contribution in [0.1, 0.15) is 37.4 Å². The Hall–Kier alpha value is -2.35. The predicted octanol–water partition coefficient (Wildman–Crippen LogP) is 1.81. The summed E-state index contributed by atoms with van der Waals surface area (Å²) in [5.74, 6) is 2.12. The standard InChI is InChI=1S/C16H23N5O3/c1-3-14-18-15(24-19-14)12(2)20-6-8-21(9-7-20)16(22)17-11-13-5-4-10-23-13/h4-5,10,12H,3,6-9,11H2,1-2H3,(H,17,22). The van der Waals surface area contributed by atoms with Crippen molar-refractivity contribution in [1.82, 2.24) is 25.3 Å². The van der Waals surface area contributed by atoms with Crippen LogP contribution in [0.25, 0.3) is 0 Å². The molecule has 1 saturated heterocycles. The van der Waals surface area contributed by atoms with Gasteiger partial charge in [0.15, 0.2) is 5.82 Å². The Labute approximate surface area is 140 Å². The van der Waals surface area contributed by atoms with Gasteiger partial charge in [0.1, 0.15) is 5.76 Å². The van der Waals surface area contributed by atoms with Gasteiger partial charge in [0.25, 0.3) is 0 Å². The highest BCUT2D eigenvalue weighted by Crippen LogP contribution is 2.20. The van der Waals surface area contributed by atoms with Crippen molar-refractivity contribution >= 4 is 6.03 Å². The minimum absolute atomic E-state index is 0.0612. The van der Waals surface area contributed by atoms with Crippen molar-refractivity contribution in [2.75, 3.05) is 26.2 Å². The van der Waals surface area contributed by atoms with Gasteiger partial charge in [-0.25, -0.2) is 4.79 Å². The van der Waals surface area contributed by atoms with Crippen LogP contribution < -0.4 is 5.32 Å². The van der Waals surface area contributed by atoms with E-state index < -0.39 is 0 Å². The summed E-state index contributed by atoms with van der Waals surface area (Å²) < 4.78 is 10.5. The number of carbonyl (C=O) groups excluding carboxylic acids is 1. The molecule has 8 heteroatoms. The number of aromatic nitrogens is 2. The number of rotatable bonds is 5. The van der Waals surface area contributed by atoms with Crippen LogP contribution in [0.15, 0.2) is 27.3 Å². The maximum atomic E-state index is 12.2. The fraction of sp³-hybridized carbons (Fsp3) is 0.562. The smallest absolute Gasteiger partial charge is 0.317 e. The Bertz CT molecular complexity index is 646. The first-order valence-corrected chi connectivity index (χ1v) is 8.29. The third-order valence-electron chi connectivity index (χ3n) is 4.30. The normalized spacial score (nSPS) is 17.0. The molecular weight excluding hydrogens is 310 g/mol. The van der Waals surface area contributed by atoms with Gasteiger partial charge in [-0.3, -0.25) is 4.90 Å². The summed E-state index contributed by atoms with van der Waals surface area (Å²) in [6, 6.07) is 3.65. The van der Waals surface area contributed by atoms with Crippen molar-refractivity contribution in [2.45, 2.75) is 32.9 Å². The van der Waals surface area contributed by atoms with Crippen LogP contribution in [0.5, 0.6) is 0 Å². The topological polar surface area (TPSA) is 87.6 Å². The highest BCUT2D eigenvalue weighted by atomic mass is 16.5. The Kier molecular flexibility index (Phi) is 5.14. The molecule has 8 nitrogen and oxygen atoms in total. The molecule has 0 bridgehead atoms. The molecule has 0 radical (unpaired) electrons. The van der Waals surface area contributed by atoms with Gasteiger partial charge in [0, 0.05) is 32.6 Å². The molecule has 1 N–H and O–H groups in total. The fourth-order valence-corrected chi connectivity index (χ4v) is 2.74. The zero-order valence-corrected chi connectivity index (χ0v) is 14.1. The van der Waals surface area contributed by atoms with E-state index in [1.807, 2.05) is 24.0 Å². The monoisotopic (exact) mass is 333 g/mol. The molecule has 2 aromatic heterocycles. The number of furan rings is 1. The third-order valence-corrected chi connectivity index (χ3v) is 4.30. The first-order valence-electron chi connectivity index (χ1n) is 8.29. The largest absolute Gasteiger partial charge is 0.467 e. The van der Waals surface area contributed by atoms with E-state index in [0.29, 0.717) is 25.5 Å². The second kappa shape index (κ2) is 7.48. The number of carbonyl (C=O) groups is 1. The van der Waals surface area contributed by atoms with Crippen LogP contribution in [0.3, 0.4) is 0 Å². The molecular formula is C16H23N5O3. The van der Waals surface area contributed by atoms with Crippen molar-refractivity contribution in [3.63, 3.8) is 0 Å². The lowest BCUT2D eigenvalue weighted by Crippen LogP contribution is -2.52. The molecule has 1 aliphatic rings. The van der Waals surface area contributed by atoms with Crippen LogP contribution in [-0.2, 0) is 13.0 Å². The molecule has 0 spiro atoms. The predicted molar refractivity (Wildman–Crippen MR) is 86.2 cm³/mol. The number of hydrogen-bond acceptors (Lipinski definition) is 6. The Balaban J connectivity index is 1.47. The summed E-state index contributed by atoms with van der Waals surface area (Å²) in [6.07, 6.45) is 2.36. The molecule has 0 aromatic carbocycles. The minimum atomic E-state index is -0.0650. The Morgan fingerprint density at radius 3 is 2.79 bits per heavy atom. The van der Waals surface area contributed by atoms with E-state index in [4.69, 9.17) is 8.94 Å². The van der Waals surface area contributed by atoms with Gasteiger partial charge in [-0.15, -0.1) is 0 Å². The second-order valence-corrected chi connectivity index (χ2v) is 5.84.